The molecule has 0 saturated carbocycles. The first-order chi connectivity index (χ1) is 8.63. The topological polar surface area (TPSA) is 46.3 Å². The molecule has 1 aliphatic heterocycles. The van der Waals surface area contributed by atoms with Crippen LogP contribution >= 0.6 is 0 Å². The van der Waals surface area contributed by atoms with Crippen molar-refractivity contribution in [1.29, 1.82) is 0 Å². The molecular weight excluding hydrogens is 224 g/mol. The van der Waals surface area contributed by atoms with Gasteiger partial charge >= 0.3 is 0 Å². The molecule has 1 aromatic carbocycles. The fraction of sp³-hybridized carbons (Fsp3) is 0.533. The van der Waals surface area contributed by atoms with E-state index >= 15 is 0 Å². The molecule has 0 spiro atoms. The molecular formula is C15H22N2O. The van der Waals surface area contributed by atoms with E-state index in [2.05, 4.69) is 6.92 Å². The van der Waals surface area contributed by atoms with Gasteiger partial charge in [0.15, 0.2) is 0 Å². The molecule has 98 valence electrons. The predicted octanol–water partition coefficient (Wildman–Crippen LogP) is 2.84. The average molecular weight is 246 g/mol. The minimum Gasteiger partial charge on any atom is -0.398 e. The number of anilines is 1. The lowest BCUT2D eigenvalue weighted by Gasteiger charge is -2.32. The molecule has 0 radical (unpaired) electrons. The van der Waals surface area contributed by atoms with E-state index in [0.717, 1.165) is 37.1 Å². The van der Waals surface area contributed by atoms with Crippen molar-refractivity contribution in [3.8, 4) is 0 Å². The minimum absolute atomic E-state index is 0.137. The summed E-state index contributed by atoms with van der Waals surface area (Å²) in [4.78, 5) is 14.5. The van der Waals surface area contributed by atoms with Crippen molar-refractivity contribution < 1.29 is 4.79 Å². The Morgan fingerprint density at radius 1 is 1.50 bits per heavy atom. The summed E-state index contributed by atoms with van der Waals surface area (Å²) in [5.74, 6) is 0.794. The summed E-state index contributed by atoms with van der Waals surface area (Å²) in [6.45, 7) is 5.89. The maximum Gasteiger partial charge on any atom is 0.254 e. The zero-order valence-electron chi connectivity index (χ0n) is 11.3. The smallest absolute Gasteiger partial charge is 0.254 e. The maximum absolute atomic E-state index is 12.5. The molecule has 2 N–H and O–H groups in total. The van der Waals surface area contributed by atoms with Crippen LogP contribution in [0.15, 0.2) is 18.2 Å². The van der Waals surface area contributed by atoms with Crippen molar-refractivity contribution in [2.45, 2.75) is 33.1 Å². The third-order valence-corrected chi connectivity index (χ3v) is 3.99. The average Bonchev–Trinajstić information content (AvgIpc) is 2.41. The van der Waals surface area contributed by atoms with Crippen molar-refractivity contribution in [3.63, 3.8) is 0 Å². The highest BCUT2D eigenvalue weighted by Crippen LogP contribution is 2.23. The number of nitrogens with two attached hydrogens (primary N) is 1. The molecule has 2 rings (SSSR count). The molecule has 0 bridgehead atoms. The van der Waals surface area contributed by atoms with Crippen LogP contribution in [0, 0.1) is 12.8 Å². The van der Waals surface area contributed by atoms with Gasteiger partial charge in [0.25, 0.3) is 5.91 Å². The van der Waals surface area contributed by atoms with Gasteiger partial charge in [0.1, 0.15) is 0 Å². The van der Waals surface area contributed by atoms with Crippen LogP contribution in [-0.2, 0) is 0 Å². The summed E-state index contributed by atoms with van der Waals surface area (Å²) in [6.07, 6.45) is 3.52. The van der Waals surface area contributed by atoms with Crippen molar-refractivity contribution in [3.05, 3.63) is 29.3 Å². The Morgan fingerprint density at radius 2 is 2.28 bits per heavy atom. The highest BCUT2D eigenvalue weighted by atomic mass is 16.2. The number of carbonyl (C=O) groups is 1. The summed E-state index contributed by atoms with van der Waals surface area (Å²) in [5.41, 5.74) is 8.23. The molecule has 1 saturated heterocycles. The number of rotatable bonds is 2. The summed E-state index contributed by atoms with van der Waals surface area (Å²) in [7, 11) is 0. The van der Waals surface area contributed by atoms with E-state index in [1.807, 2.05) is 30.0 Å². The molecule has 0 aromatic heterocycles. The van der Waals surface area contributed by atoms with Gasteiger partial charge in [-0.2, -0.15) is 0 Å². The number of likely N-dealkylation sites (tertiary alicyclic amines) is 1. The van der Waals surface area contributed by atoms with Gasteiger partial charge in [0.2, 0.25) is 0 Å². The summed E-state index contributed by atoms with van der Waals surface area (Å²) in [6, 6.07) is 5.58. The summed E-state index contributed by atoms with van der Waals surface area (Å²) >= 11 is 0. The van der Waals surface area contributed by atoms with Gasteiger partial charge in [0, 0.05) is 24.3 Å². The van der Waals surface area contributed by atoms with E-state index < -0.39 is 0 Å². The van der Waals surface area contributed by atoms with Gasteiger partial charge in [-0.15, -0.1) is 0 Å². The number of piperidine rings is 1. The van der Waals surface area contributed by atoms with Gasteiger partial charge in [-0.1, -0.05) is 19.4 Å². The predicted molar refractivity (Wildman–Crippen MR) is 74.5 cm³/mol. The highest BCUT2D eigenvalue weighted by Gasteiger charge is 2.24. The lowest BCUT2D eigenvalue weighted by atomic mass is 9.94. The van der Waals surface area contributed by atoms with E-state index in [1.54, 1.807) is 0 Å². The molecule has 1 fully saturated rings. The molecule has 18 heavy (non-hydrogen) atoms. The first kappa shape index (κ1) is 12.9. The maximum atomic E-state index is 12.5. The number of nitrogen functional groups attached to an aromatic ring is 1. The quantitative estimate of drug-likeness (QED) is 0.816. The van der Waals surface area contributed by atoms with Crippen LogP contribution in [0.1, 0.15) is 42.1 Å². The first-order valence-corrected chi connectivity index (χ1v) is 6.77. The van der Waals surface area contributed by atoms with Gasteiger partial charge in [-0.3, -0.25) is 4.79 Å². The fourth-order valence-corrected chi connectivity index (χ4v) is 2.64. The summed E-state index contributed by atoms with van der Waals surface area (Å²) in [5, 5.41) is 0. The number of hydrogen-bond donors (Lipinski definition) is 1. The summed E-state index contributed by atoms with van der Waals surface area (Å²) < 4.78 is 0. The molecule has 3 nitrogen and oxygen atoms in total. The lowest BCUT2D eigenvalue weighted by Crippen LogP contribution is -2.40. The fourth-order valence-electron chi connectivity index (χ4n) is 2.64. The Balaban J connectivity index is 2.18. The van der Waals surface area contributed by atoms with Crippen molar-refractivity contribution in [2.24, 2.45) is 5.92 Å². The molecule has 1 atom stereocenters. The molecule has 1 amide bonds. The molecule has 1 aromatic rings. The first-order valence-electron chi connectivity index (χ1n) is 6.77. The second kappa shape index (κ2) is 5.42. The third-order valence-electron chi connectivity index (χ3n) is 3.99. The van der Waals surface area contributed by atoms with Crippen molar-refractivity contribution in [1.82, 2.24) is 4.90 Å². The largest absolute Gasteiger partial charge is 0.398 e. The van der Waals surface area contributed by atoms with Crippen LogP contribution in [0.5, 0.6) is 0 Å². The number of nitrogens with zero attached hydrogens (tertiary/aromatic N) is 1. The molecule has 3 heteroatoms. The Morgan fingerprint density at radius 3 is 3.00 bits per heavy atom. The van der Waals surface area contributed by atoms with Crippen LogP contribution in [-0.4, -0.2) is 23.9 Å². The van der Waals surface area contributed by atoms with Crippen molar-refractivity contribution in [2.75, 3.05) is 18.8 Å². The van der Waals surface area contributed by atoms with Crippen LogP contribution < -0.4 is 5.73 Å². The van der Waals surface area contributed by atoms with E-state index in [1.165, 1.54) is 6.42 Å². The van der Waals surface area contributed by atoms with Gasteiger partial charge < -0.3 is 10.6 Å². The Kier molecular flexibility index (Phi) is 3.90. The molecule has 1 heterocycles. The SMILES string of the molecule is CCC1CCCN(C(=O)c2cccc(N)c2C)C1. The Hall–Kier alpha value is -1.51. The third kappa shape index (κ3) is 2.50. The van der Waals surface area contributed by atoms with Gasteiger partial charge in [-0.25, -0.2) is 0 Å². The van der Waals surface area contributed by atoms with E-state index in [4.69, 9.17) is 5.73 Å². The molecule has 0 aliphatic carbocycles. The van der Waals surface area contributed by atoms with E-state index in [-0.39, 0.29) is 5.91 Å². The second-order valence-electron chi connectivity index (χ2n) is 5.19. The molecule has 1 aliphatic rings. The zero-order chi connectivity index (χ0) is 13.1. The van der Waals surface area contributed by atoms with Crippen LogP contribution in [0.25, 0.3) is 0 Å². The monoisotopic (exact) mass is 246 g/mol. The lowest BCUT2D eigenvalue weighted by molar-refractivity contribution is 0.0670. The van der Waals surface area contributed by atoms with E-state index in [9.17, 15) is 4.79 Å². The molecule has 1 unspecified atom stereocenters. The van der Waals surface area contributed by atoms with Gasteiger partial charge in [0.05, 0.1) is 0 Å². The normalized spacial score (nSPS) is 19.9. The van der Waals surface area contributed by atoms with Crippen LogP contribution in [0.2, 0.25) is 0 Å². The Labute approximate surface area is 109 Å². The zero-order valence-corrected chi connectivity index (χ0v) is 11.3. The number of carbonyl (C=O) groups excluding carboxylic acids is 1. The van der Waals surface area contributed by atoms with Gasteiger partial charge in [-0.05, 0) is 43.4 Å². The highest BCUT2D eigenvalue weighted by molar-refractivity contribution is 5.97. The number of benzene rings is 1. The number of hydrogen-bond acceptors (Lipinski definition) is 2. The standard InChI is InChI=1S/C15H22N2O/c1-3-12-6-5-9-17(10-12)15(18)13-7-4-8-14(16)11(13)2/h4,7-8,12H,3,5-6,9-10,16H2,1-2H3. The van der Waals surface area contributed by atoms with Crippen LogP contribution in [0.3, 0.4) is 0 Å². The van der Waals surface area contributed by atoms with Crippen LogP contribution in [0.4, 0.5) is 5.69 Å². The second-order valence-corrected chi connectivity index (χ2v) is 5.19. The Bertz CT molecular complexity index is 442. The van der Waals surface area contributed by atoms with Crippen molar-refractivity contribution >= 4 is 11.6 Å². The van der Waals surface area contributed by atoms with E-state index in [0.29, 0.717) is 11.6 Å². The minimum atomic E-state index is 0.137. The number of amides is 1.